The number of imidazole rings is 1. The van der Waals surface area contributed by atoms with E-state index in [1.165, 1.54) is 12.5 Å². The Hall–Kier alpha value is -1.36. The SMILES string of the molecule is CCCCC(CN)NC(=O)c1cnc[nH]1. The predicted molar refractivity (Wildman–Crippen MR) is 58.4 cm³/mol. The van der Waals surface area contributed by atoms with Crippen molar-refractivity contribution in [2.45, 2.75) is 32.2 Å². The van der Waals surface area contributed by atoms with Gasteiger partial charge >= 0.3 is 0 Å². The van der Waals surface area contributed by atoms with E-state index in [9.17, 15) is 4.79 Å². The number of aromatic amines is 1. The van der Waals surface area contributed by atoms with E-state index < -0.39 is 0 Å². The second-order valence-corrected chi connectivity index (χ2v) is 3.51. The molecule has 0 spiro atoms. The highest BCUT2D eigenvalue weighted by atomic mass is 16.1. The molecule has 1 aromatic heterocycles. The van der Waals surface area contributed by atoms with Crippen LogP contribution in [0.2, 0.25) is 0 Å². The number of hydrogen-bond donors (Lipinski definition) is 3. The highest BCUT2D eigenvalue weighted by Crippen LogP contribution is 2.00. The Morgan fingerprint density at radius 1 is 1.73 bits per heavy atom. The van der Waals surface area contributed by atoms with Gasteiger partial charge in [0.15, 0.2) is 0 Å². The molecule has 5 heteroatoms. The number of amides is 1. The van der Waals surface area contributed by atoms with Gasteiger partial charge in [-0.15, -0.1) is 0 Å². The van der Waals surface area contributed by atoms with Gasteiger partial charge in [-0.1, -0.05) is 19.8 Å². The highest BCUT2D eigenvalue weighted by Gasteiger charge is 2.12. The molecule has 0 fully saturated rings. The smallest absolute Gasteiger partial charge is 0.269 e. The molecular weight excluding hydrogens is 192 g/mol. The van der Waals surface area contributed by atoms with Crippen LogP contribution in [0.1, 0.15) is 36.7 Å². The minimum absolute atomic E-state index is 0.0562. The molecule has 4 N–H and O–H groups in total. The lowest BCUT2D eigenvalue weighted by molar-refractivity contribution is 0.0931. The van der Waals surface area contributed by atoms with Crippen molar-refractivity contribution in [2.75, 3.05) is 6.54 Å². The van der Waals surface area contributed by atoms with Gasteiger partial charge in [-0.3, -0.25) is 4.79 Å². The number of H-pyrrole nitrogens is 1. The van der Waals surface area contributed by atoms with Crippen molar-refractivity contribution in [3.05, 3.63) is 18.2 Å². The molecular formula is C10H18N4O. The minimum Gasteiger partial charge on any atom is -0.347 e. The summed E-state index contributed by atoms with van der Waals surface area (Å²) < 4.78 is 0. The van der Waals surface area contributed by atoms with Gasteiger partial charge in [-0.25, -0.2) is 4.98 Å². The lowest BCUT2D eigenvalue weighted by Crippen LogP contribution is -2.40. The maximum Gasteiger partial charge on any atom is 0.269 e. The first-order chi connectivity index (χ1) is 7.27. The summed E-state index contributed by atoms with van der Waals surface area (Å²) >= 11 is 0. The van der Waals surface area contributed by atoms with Gasteiger partial charge in [0.2, 0.25) is 0 Å². The lowest BCUT2D eigenvalue weighted by atomic mass is 10.1. The summed E-state index contributed by atoms with van der Waals surface area (Å²) in [5.74, 6) is -0.140. The van der Waals surface area contributed by atoms with Gasteiger partial charge in [-0.2, -0.15) is 0 Å². The van der Waals surface area contributed by atoms with E-state index in [4.69, 9.17) is 5.73 Å². The fraction of sp³-hybridized carbons (Fsp3) is 0.600. The molecule has 1 aromatic rings. The third-order valence-corrected chi connectivity index (χ3v) is 2.27. The predicted octanol–water partition coefficient (Wildman–Crippen LogP) is 0.657. The Bertz CT molecular complexity index is 284. The Morgan fingerprint density at radius 2 is 2.53 bits per heavy atom. The number of rotatable bonds is 6. The number of nitrogens with zero attached hydrogens (tertiary/aromatic N) is 1. The van der Waals surface area contributed by atoms with Crippen LogP contribution in [-0.2, 0) is 0 Å². The van der Waals surface area contributed by atoms with Gasteiger partial charge in [0.05, 0.1) is 12.5 Å². The van der Waals surface area contributed by atoms with Crippen molar-refractivity contribution >= 4 is 5.91 Å². The Labute approximate surface area is 89.5 Å². The van der Waals surface area contributed by atoms with E-state index >= 15 is 0 Å². The maximum absolute atomic E-state index is 11.6. The third kappa shape index (κ3) is 3.71. The number of nitrogens with one attached hydrogen (secondary N) is 2. The molecule has 0 aliphatic rings. The van der Waals surface area contributed by atoms with Gasteiger partial charge in [0, 0.05) is 12.6 Å². The Kier molecular flexibility index (Phi) is 4.83. The lowest BCUT2D eigenvalue weighted by Gasteiger charge is -2.15. The monoisotopic (exact) mass is 210 g/mol. The molecule has 5 nitrogen and oxygen atoms in total. The van der Waals surface area contributed by atoms with Crippen LogP contribution in [0.15, 0.2) is 12.5 Å². The fourth-order valence-corrected chi connectivity index (χ4v) is 1.34. The Balaban J connectivity index is 2.41. The van der Waals surface area contributed by atoms with Crippen LogP contribution in [0.5, 0.6) is 0 Å². The maximum atomic E-state index is 11.6. The molecule has 1 amide bonds. The molecule has 1 atom stereocenters. The molecule has 0 radical (unpaired) electrons. The first-order valence-electron chi connectivity index (χ1n) is 5.27. The van der Waals surface area contributed by atoms with E-state index in [1.807, 2.05) is 0 Å². The summed E-state index contributed by atoms with van der Waals surface area (Å²) in [6, 6.07) is 0.0562. The van der Waals surface area contributed by atoms with Crippen LogP contribution in [0, 0.1) is 0 Å². The summed E-state index contributed by atoms with van der Waals surface area (Å²) in [4.78, 5) is 18.1. The second-order valence-electron chi connectivity index (χ2n) is 3.51. The van der Waals surface area contributed by atoms with Gasteiger partial charge < -0.3 is 16.0 Å². The first-order valence-corrected chi connectivity index (χ1v) is 5.27. The standard InChI is InChI=1S/C10H18N4O/c1-2-3-4-8(5-11)14-10(15)9-6-12-7-13-9/h6-8H,2-5,11H2,1H3,(H,12,13)(H,14,15). The van der Waals surface area contributed by atoms with Crippen LogP contribution in [0.4, 0.5) is 0 Å². The van der Waals surface area contributed by atoms with Crippen molar-refractivity contribution < 1.29 is 4.79 Å². The summed E-state index contributed by atoms with van der Waals surface area (Å²) in [6.45, 7) is 2.59. The third-order valence-electron chi connectivity index (χ3n) is 2.27. The van der Waals surface area contributed by atoms with Crippen LogP contribution in [0.3, 0.4) is 0 Å². The van der Waals surface area contributed by atoms with E-state index in [-0.39, 0.29) is 11.9 Å². The minimum atomic E-state index is -0.140. The Morgan fingerprint density at radius 3 is 3.07 bits per heavy atom. The summed E-state index contributed by atoms with van der Waals surface area (Å²) in [6.07, 6.45) is 6.09. The quantitative estimate of drug-likeness (QED) is 0.644. The van der Waals surface area contributed by atoms with Gasteiger partial charge in [0.25, 0.3) is 5.91 Å². The van der Waals surface area contributed by atoms with E-state index in [1.54, 1.807) is 0 Å². The topological polar surface area (TPSA) is 83.8 Å². The van der Waals surface area contributed by atoms with Crippen LogP contribution in [0.25, 0.3) is 0 Å². The number of aromatic nitrogens is 2. The van der Waals surface area contributed by atoms with Gasteiger partial charge in [0.1, 0.15) is 5.69 Å². The molecule has 0 bridgehead atoms. The molecule has 1 heterocycles. The van der Waals surface area contributed by atoms with Gasteiger partial charge in [-0.05, 0) is 6.42 Å². The van der Waals surface area contributed by atoms with E-state index in [0.29, 0.717) is 12.2 Å². The number of unbranched alkanes of at least 4 members (excludes halogenated alkanes) is 1. The summed E-state index contributed by atoms with van der Waals surface area (Å²) in [7, 11) is 0. The molecule has 1 unspecified atom stereocenters. The van der Waals surface area contributed by atoms with Crippen molar-refractivity contribution in [1.82, 2.24) is 15.3 Å². The van der Waals surface area contributed by atoms with Crippen LogP contribution in [-0.4, -0.2) is 28.5 Å². The molecule has 1 rings (SSSR count). The first kappa shape index (κ1) is 11.7. The molecule has 0 aromatic carbocycles. The van der Waals surface area contributed by atoms with Crippen LogP contribution >= 0.6 is 0 Å². The molecule has 0 aliphatic heterocycles. The number of hydrogen-bond acceptors (Lipinski definition) is 3. The normalized spacial score (nSPS) is 12.4. The zero-order valence-electron chi connectivity index (χ0n) is 8.99. The number of carbonyl (C=O) groups is 1. The highest BCUT2D eigenvalue weighted by molar-refractivity contribution is 5.92. The van der Waals surface area contributed by atoms with Crippen molar-refractivity contribution in [3.63, 3.8) is 0 Å². The molecule has 84 valence electrons. The number of carbonyl (C=O) groups excluding carboxylic acids is 1. The second kappa shape index (κ2) is 6.19. The zero-order chi connectivity index (χ0) is 11.1. The van der Waals surface area contributed by atoms with Crippen molar-refractivity contribution in [3.8, 4) is 0 Å². The van der Waals surface area contributed by atoms with E-state index in [2.05, 4.69) is 22.2 Å². The summed E-state index contributed by atoms with van der Waals surface area (Å²) in [5.41, 5.74) is 6.05. The largest absolute Gasteiger partial charge is 0.347 e. The zero-order valence-corrected chi connectivity index (χ0v) is 8.99. The van der Waals surface area contributed by atoms with E-state index in [0.717, 1.165) is 19.3 Å². The van der Waals surface area contributed by atoms with Crippen molar-refractivity contribution in [2.24, 2.45) is 5.73 Å². The molecule has 0 saturated heterocycles. The van der Waals surface area contributed by atoms with Crippen molar-refractivity contribution in [1.29, 1.82) is 0 Å². The molecule has 0 aliphatic carbocycles. The molecule has 0 saturated carbocycles. The average molecular weight is 210 g/mol. The number of nitrogens with two attached hydrogens (primary N) is 1. The van der Waals surface area contributed by atoms with Crippen LogP contribution < -0.4 is 11.1 Å². The molecule has 15 heavy (non-hydrogen) atoms. The fourth-order valence-electron chi connectivity index (χ4n) is 1.34. The summed E-state index contributed by atoms with van der Waals surface area (Å²) in [5, 5.41) is 2.87. The average Bonchev–Trinajstić information content (AvgIpc) is 2.77.